The quantitative estimate of drug-likeness (QED) is 0.835. The first-order chi connectivity index (χ1) is 7.72. The molecule has 3 nitrogen and oxygen atoms in total. The fraction of sp³-hybridized carbons (Fsp3) is 0.417. The molecule has 1 aliphatic heterocycles. The van der Waals surface area contributed by atoms with Gasteiger partial charge in [-0.3, -0.25) is 4.79 Å². The van der Waals surface area contributed by atoms with Crippen LogP contribution in [0.15, 0.2) is 29.2 Å². The van der Waals surface area contributed by atoms with Crippen LogP contribution in [0.25, 0.3) is 0 Å². The lowest BCUT2D eigenvalue weighted by molar-refractivity contribution is -0.122. The van der Waals surface area contributed by atoms with Gasteiger partial charge in [0.1, 0.15) is 0 Å². The first kappa shape index (κ1) is 11.5. The maximum absolute atomic E-state index is 11.9. The van der Waals surface area contributed by atoms with Crippen molar-refractivity contribution >= 4 is 17.7 Å². The number of aliphatic hydroxyl groups is 1. The van der Waals surface area contributed by atoms with E-state index in [1.807, 2.05) is 24.3 Å². The Morgan fingerprint density at radius 2 is 2.38 bits per heavy atom. The standard InChI is InChI=1S/C12H15NO2S/c1-8(6-14)13-12(15)10-7-16-11-5-3-2-4-9(10)11/h2-5,8,10,14H,6-7H2,1H3,(H,13,15)/t8-,10?/m0/s1. The van der Waals surface area contributed by atoms with Crippen molar-refractivity contribution < 1.29 is 9.90 Å². The fourth-order valence-electron chi connectivity index (χ4n) is 1.77. The van der Waals surface area contributed by atoms with Gasteiger partial charge in [-0.25, -0.2) is 0 Å². The summed E-state index contributed by atoms with van der Waals surface area (Å²) in [6, 6.07) is 7.82. The number of carbonyl (C=O) groups excluding carboxylic acids is 1. The Morgan fingerprint density at radius 3 is 3.12 bits per heavy atom. The Bertz CT molecular complexity index is 394. The van der Waals surface area contributed by atoms with Crippen LogP contribution in [-0.4, -0.2) is 29.4 Å². The molecule has 16 heavy (non-hydrogen) atoms. The van der Waals surface area contributed by atoms with Gasteiger partial charge >= 0.3 is 0 Å². The Morgan fingerprint density at radius 1 is 1.62 bits per heavy atom. The Hall–Kier alpha value is -1.00. The number of benzene rings is 1. The number of hydrogen-bond acceptors (Lipinski definition) is 3. The third-order valence-corrected chi connectivity index (χ3v) is 3.86. The minimum absolute atomic E-state index is 0.0130. The number of amides is 1. The van der Waals surface area contributed by atoms with Gasteiger partial charge in [0, 0.05) is 16.7 Å². The highest BCUT2D eigenvalue weighted by Gasteiger charge is 2.29. The number of nitrogens with one attached hydrogen (secondary N) is 1. The van der Waals surface area contributed by atoms with Gasteiger partial charge in [0.15, 0.2) is 0 Å². The SMILES string of the molecule is C[C@@H](CO)NC(=O)C1CSc2ccccc21. The van der Waals surface area contributed by atoms with Crippen LogP contribution in [0.3, 0.4) is 0 Å². The molecule has 0 saturated heterocycles. The predicted molar refractivity (Wildman–Crippen MR) is 64.6 cm³/mol. The number of hydrogen-bond donors (Lipinski definition) is 2. The minimum atomic E-state index is -0.176. The van der Waals surface area contributed by atoms with Crippen LogP contribution in [-0.2, 0) is 4.79 Å². The summed E-state index contributed by atoms with van der Waals surface area (Å²) in [6.45, 7) is 1.78. The monoisotopic (exact) mass is 237 g/mol. The van der Waals surface area contributed by atoms with Crippen LogP contribution >= 0.6 is 11.8 Å². The maximum Gasteiger partial charge on any atom is 0.228 e. The molecule has 1 unspecified atom stereocenters. The maximum atomic E-state index is 11.9. The summed E-state index contributed by atoms with van der Waals surface area (Å²) in [5.41, 5.74) is 1.11. The summed E-state index contributed by atoms with van der Waals surface area (Å²) in [5.74, 6) is 0.734. The molecule has 0 aromatic heterocycles. The largest absolute Gasteiger partial charge is 0.394 e. The number of fused-ring (bicyclic) bond motifs is 1. The topological polar surface area (TPSA) is 49.3 Å². The molecule has 0 spiro atoms. The molecule has 0 aliphatic carbocycles. The lowest BCUT2D eigenvalue weighted by atomic mass is 10.0. The smallest absolute Gasteiger partial charge is 0.228 e. The zero-order valence-corrected chi connectivity index (χ0v) is 9.96. The van der Waals surface area contributed by atoms with Crippen molar-refractivity contribution in [1.82, 2.24) is 5.32 Å². The number of rotatable bonds is 3. The lowest BCUT2D eigenvalue weighted by Crippen LogP contribution is -2.38. The fourth-order valence-corrected chi connectivity index (χ4v) is 3.00. The van der Waals surface area contributed by atoms with Crippen LogP contribution in [0.5, 0.6) is 0 Å². The van der Waals surface area contributed by atoms with Gasteiger partial charge in [-0.15, -0.1) is 11.8 Å². The Kier molecular flexibility index (Phi) is 3.51. The molecule has 1 heterocycles. The zero-order valence-electron chi connectivity index (χ0n) is 9.14. The molecule has 1 aromatic carbocycles. The molecule has 0 radical (unpaired) electrons. The molecule has 1 amide bonds. The summed E-state index contributed by atoms with van der Waals surface area (Å²) in [6.07, 6.45) is 0. The van der Waals surface area contributed by atoms with Crippen LogP contribution in [0, 0.1) is 0 Å². The summed E-state index contributed by atoms with van der Waals surface area (Å²) >= 11 is 1.72. The normalized spacial score (nSPS) is 20.2. The molecular weight excluding hydrogens is 222 g/mol. The molecule has 1 aliphatic rings. The number of aliphatic hydroxyl groups excluding tert-OH is 1. The molecule has 2 rings (SSSR count). The van der Waals surface area contributed by atoms with Crippen molar-refractivity contribution in [2.45, 2.75) is 23.8 Å². The van der Waals surface area contributed by atoms with Gasteiger partial charge in [-0.2, -0.15) is 0 Å². The van der Waals surface area contributed by atoms with Crippen molar-refractivity contribution in [3.8, 4) is 0 Å². The molecule has 0 bridgehead atoms. The highest BCUT2D eigenvalue weighted by Crippen LogP contribution is 2.39. The van der Waals surface area contributed by atoms with E-state index in [9.17, 15) is 4.79 Å². The molecule has 0 saturated carbocycles. The molecular formula is C12H15NO2S. The average molecular weight is 237 g/mol. The minimum Gasteiger partial charge on any atom is -0.394 e. The molecule has 2 N–H and O–H groups in total. The van der Waals surface area contributed by atoms with E-state index in [1.165, 1.54) is 4.90 Å². The van der Waals surface area contributed by atoms with Crippen LogP contribution in [0.4, 0.5) is 0 Å². The zero-order chi connectivity index (χ0) is 11.5. The van der Waals surface area contributed by atoms with E-state index >= 15 is 0 Å². The highest BCUT2D eigenvalue weighted by molar-refractivity contribution is 7.99. The highest BCUT2D eigenvalue weighted by atomic mass is 32.2. The summed E-state index contributed by atoms with van der Waals surface area (Å²) < 4.78 is 0. The van der Waals surface area contributed by atoms with Gasteiger partial charge in [-0.05, 0) is 18.6 Å². The van der Waals surface area contributed by atoms with Crippen molar-refractivity contribution in [3.05, 3.63) is 29.8 Å². The second kappa shape index (κ2) is 4.89. The van der Waals surface area contributed by atoms with Crippen LogP contribution < -0.4 is 5.32 Å². The van der Waals surface area contributed by atoms with E-state index in [0.717, 1.165) is 11.3 Å². The third-order valence-electron chi connectivity index (χ3n) is 2.68. The van der Waals surface area contributed by atoms with Crippen molar-refractivity contribution in [2.24, 2.45) is 0 Å². The predicted octanol–water partition coefficient (Wildman–Crippen LogP) is 1.37. The summed E-state index contributed by atoms with van der Waals surface area (Å²) in [7, 11) is 0. The van der Waals surface area contributed by atoms with E-state index in [-0.39, 0.29) is 24.5 Å². The third kappa shape index (κ3) is 2.23. The van der Waals surface area contributed by atoms with Crippen molar-refractivity contribution in [3.63, 3.8) is 0 Å². The van der Waals surface area contributed by atoms with E-state index in [1.54, 1.807) is 18.7 Å². The molecule has 2 atom stereocenters. The van der Waals surface area contributed by atoms with Gasteiger partial charge in [-0.1, -0.05) is 18.2 Å². The van der Waals surface area contributed by atoms with Gasteiger partial charge in [0.2, 0.25) is 5.91 Å². The lowest BCUT2D eigenvalue weighted by Gasteiger charge is -2.15. The molecule has 4 heteroatoms. The van der Waals surface area contributed by atoms with Crippen LogP contribution in [0.1, 0.15) is 18.4 Å². The average Bonchev–Trinajstić information content (AvgIpc) is 2.72. The summed E-state index contributed by atoms with van der Waals surface area (Å²) in [5, 5.41) is 11.7. The Labute approximate surface area is 99.2 Å². The first-order valence-corrected chi connectivity index (χ1v) is 6.34. The van der Waals surface area contributed by atoms with E-state index in [2.05, 4.69) is 5.32 Å². The number of carbonyl (C=O) groups is 1. The van der Waals surface area contributed by atoms with E-state index in [4.69, 9.17) is 5.11 Å². The van der Waals surface area contributed by atoms with Crippen molar-refractivity contribution in [1.29, 1.82) is 0 Å². The number of thioether (sulfide) groups is 1. The second-order valence-corrected chi connectivity index (χ2v) is 5.06. The first-order valence-electron chi connectivity index (χ1n) is 5.35. The molecule has 86 valence electrons. The summed E-state index contributed by atoms with van der Waals surface area (Å²) in [4.78, 5) is 13.1. The van der Waals surface area contributed by atoms with Crippen LogP contribution in [0.2, 0.25) is 0 Å². The van der Waals surface area contributed by atoms with Gasteiger partial charge < -0.3 is 10.4 Å². The second-order valence-electron chi connectivity index (χ2n) is 3.99. The Balaban J connectivity index is 2.10. The van der Waals surface area contributed by atoms with E-state index < -0.39 is 0 Å². The molecule has 0 fully saturated rings. The van der Waals surface area contributed by atoms with E-state index in [0.29, 0.717) is 0 Å². The van der Waals surface area contributed by atoms with Gasteiger partial charge in [0.25, 0.3) is 0 Å². The van der Waals surface area contributed by atoms with Gasteiger partial charge in [0.05, 0.1) is 12.5 Å². The van der Waals surface area contributed by atoms with Crippen molar-refractivity contribution in [2.75, 3.05) is 12.4 Å². The molecule has 1 aromatic rings.